The lowest BCUT2D eigenvalue weighted by Gasteiger charge is -2.29. The van der Waals surface area contributed by atoms with Crippen LogP contribution in [-0.4, -0.2) is 52.8 Å². The van der Waals surface area contributed by atoms with Crippen LogP contribution in [0.2, 0.25) is 0 Å². The van der Waals surface area contributed by atoms with Gasteiger partial charge in [-0.2, -0.15) is 0 Å². The second-order valence-electron chi connectivity index (χ2n) is 9.48. The molecule has 4 aromatic rings. The zero-order chi connectivity index (χ0) is 28.5. The number of hydrogen-bond acceptors (Lipinski definition) is 8. The normalized spacial score (nSPS) is 14.1. The van der Waals surface area contributed by atoms with Crippen LogP contribution < -0.4 is 19.7 Å². The van der Waals surface area contributed by atoms with Gasteiger partial charge < -0.3 is 19.7 Å². The molecule has 0 bridgehead atoms. The summed E-state index contributed by atoms with van der Waals surface area (Å²) in [4.78, 5) is 59.7. The van der Waals surface area contributed by atoms with Gasteiger partial charge in [-0.25, -0.2) is 4.98 Å². The Morgan fingerprint density at radius 1 is 1.02 bits per heavy atom. The smallest absolute Gasteiger partial charge is 0.299 e. The van der Waals surface area contributed by atoms with E-state index in [0.717, 1.165) is 16.2 Å². The largest absolute Gasteiger partial charge is 0.454 e. The van der Waals surface area contributed by atoms with E-state index in [2.05, 4.69) is 5.32 Å². The van der Waals surface area contributed by atoms with E-state index < -0.39 is 36.1 Å². The molecule has 0 aliphatic carbocycles. The standard InChI is InChI=1S/C30H24N4O6S/c1-18(29(37)31-20-11-12-24-25(13-20)40-17-39-24)33(14-26-32-22(16-41-26)19-7-3-2-4-8-19)27(35)15-34-23-10-6-5-9-21(23)28(36)30(34)38/h2-13,16,18H,14-15,17H2,1H3,(H,31,37). The number of ether oxygens (including phenoxy) is 2. The summed E-state index contributed by atoms with van der Waals surface area (Å²) in [7, 11) is 0. The molecule has 1 aromatic heterocycles. The minimum absolute atomic E-state index is 0.0314. The number of benzene rings is 3. The van der Waals surface area contributed by atoms with Crippen molar-refractivity contribution >= 4 is 46.2 Å². The Hall–Kier alpha value is -5.03. The third-order valence-electron chi connectivity index (χ3n) is 6.91. The maximum Gasteiger partial charge on any atom is 0.299 e. The maximum atomic E-state index is 13.8. The monoisotopic (exact) mass is 568 g/mol. The Morgan fingerprint density at radius 3 is 2.61 bits per heavy atom. The number of nitrogens with zero attached hydrogens (tertiary/aromatic N) is 3. The number of aromatic nitrogens is 1. The third-order valence-corrected chi connectivity index (χ3v) is 7.74. The van der Waals surface area contributed by atoms with Crippen molar-refractivity contribution in [2.75, 3.05) is 23.6 Å². The molecule has 0 radical (unpaired) electrons. The number of fused-ring (bicyclic) bond motifs is 2. The molecule has 1 N–H and O–H groups in total. The average Bonchev–Trinajstić information content (AvgIpc) is 3.72. The van der Waals surface area contributed by atoms with E-state index in [1.165, 1.54) is 16.2 Å². The van der Waals surface area contributed by atoms with Crippen molar-refractivity contribution in [1.29, 1.82) is 0 Å². The summed E-state index contributed by atoms with van der Waals surface area (Å²) in [6.07, 6.45) is 0. The van der Waals surface area contributed by atoms with Crippen molar-refractivity contribution in [3.05, 3.63) is 88.7 Å². The zero-order valence-corrected chi connectivity index (χ0v) is 22.7. The highest BCUT2D eigenvalue weighted by atomic mass is 32.1. The van der Waals surface area contributed by atoms with Gasteiger partial charge in [0.15, 0.2) is 11.5 Å². The molecular weight excluding hydrogens is 544 g/mol. The van der Waals surface area contributed by atoms with Crippen molar-refractivity contribution in [3.63, 3.8) is 0 Å². The molecule has 1 unspecified atom stereocenters. The van der Waals surface area contributed by atoms with Crippen LogP contribution in [-0.2, 0) is 20.9 Å². The molecule has 2 aliphatic rings. The van der Waals surface area contributed by atoms with Crippen LogP contribution >= 0.6 is 11.3 Å². The van der Waals surface area contributed by atoms with Gasteiger partial charge in [-0.3, -0.25) is 24.1 Å². The predicted octanol–water partition coefficient (Wildman–Crippen LogP) is 4.12. The molecule has 2 aliphatic heterocycles. The van der Waals surface area contributed by atoms with Crippen molar-refractivity contribution in [2.45, 2.75) is 19.5 Å². The van der Waals surface area contributed by atoms with Crippen LogP contribution in [0.5, 0.6) is 11.5 Å². The number of nitrogens with one attached hydrogen (secondary N) is 1. The number of ketones is 1. The Balaban J connectivity index is 1.25. The molecule has 3 amide bonds. The van der Waals surface area contributed by atoms with Gasteiger partial charge in [-0.05, 0) is 31.2 Å². The lowest BCUT2D eigenvalue weighted by molar-refractivity contribution is -0.138. The SMILES string of the molecule is CC(C(=O)Nc1ccc2c(c1)OCO2)N(Cc1nc(-c2ccccc2)cs1)C(=O)CN1C(=O)C(=O)c2ccccc21. The molecule has 0 saturated heterocycles. The minimum Gasteiger partial charge on any atom is -0.454 e. The highest BCUT2D eigenvalue weighted by Crippen LogP contribution is 2.34. The fraction of sp³-hybridized carbons (Fsp3) is 0.167. The van der Waals surface area contributed by atoms with Gasteiger partial charge >= 0.3 is 0 Å². The number of amides is 3. The van der Waals surface area contributed by atoms with Crippen molar-refractivity contribution < 1.29 is 28.7 Å². The Morgan fingerprint density at radius 2 is 1.78 bits per heavy atom. The quantitative estimate of drug-likeness (QED) is 0.318. The zero-order valence-electron chi connectivity index (χ0n) is 21.9. The van der Waals surface area contributed by atoms with Crippen molar-refractivity contribution in [3.8, 4) is 22.8 Å². The van der Waals surface area contributed by atoms with Crippen LogP contribution in [0.25, 0.3) is 11.3 Å². The summed E-state index contributed by atoms with van der Waals surface area (Å²) in [5, 5.41) is 5.34. The number of hydrogen-bond donors (Lipinski definition) is 1. The number of rotatable bonds is 8. The molecule has 0 spiro atoms. The van der Waals surface area contributed by atoms with E-state index in [0.29, 0.717) is 27.9 Å². The van der Waals surface area contributed by atoms with E-state index >= 15 is 0 Å². The molecule has 0 saturated carbocycles. The number of carbonyl (C=O) groups excluding carboxylic acids is 4. The summed E-state index contributed by atoms with van der Waals surface area (Å²) >= 11 is 1.37. The summed E-state index contributed by atoms with van der Waals surface area (Å²) in [6.45, 7) is 1.34. The van der Waals surface area contributed by atoms with E-state index in [4.69, 9.17) is 14.5 Å². The topological polar surface area (TPSA) is 118 Å². The first-order valence-corrected chi connectivity index (χ1v) is 13.7. The molecule has 3 aromatic carbocycles. The van der Waals surface area contributed by atoms with Crippen LogP contribution in [0.15, 0.2) is 78.2 Å². The molecule has 6 rings (SSSR count). The van der Waals surface area contributed by atoms with E-state index in [9.17, 15) is 19.2 Å². The Labute approximate surface area is 239 Å². The second-order valence-corrected chi connectivity index (χ2v) is 10.4. The van der Waals surface area contributed by atoms with Gasteiger partial charge in [-0.1, -0.05) is 42.5 Å². The van der Waals surface area contributed by atoms with Gasteiger partial charge in [0.25, 0.3) is 11.7 Å². The minimum atomic E-state index is -0.944. The molecule has 10 nitrogen and oxygen atoms in total. The first kappa shape index (κ1) is 26.2. The summed E-state index contributed by atoms with van der Waals surface area (Å²) < 4.78 is 10.7. The molecule has 41 heavy (non-hydrogen) atoms. The highest BCUT2D eigenvalue weighted by Gasteiger charge is 2.38. The van der Waals surface area contributed by atoms with E-state index in [1.807, 2.05) is 35.7 Å². The van der Waals surface area contributed by atoms with Crippen LogP contribution in [0.3, 0.4) is 0 Å². The van der Waals surface area contributed by atoms with Gasteiger partial charge in [0, 0.05) is 22.7 Å². The second kappa shape index (κ2) is 10.9. The van der Waals surface area contributed by atoms with Crippen molar-refractivity contribution in [2.24, 2.45) is 0 Å². The number of anilines is 2. The van der Waals surface area contributed by atoms with Crippen LogP contribution in [0, 0.1) is 0 Å². The number of para-hydroxylation sites is 1. The average molecular weight is 569 g/mol. The van der Waals surface area contributed by atoms with E-state index in [1.54, 1.807) is 49.4 Å². The Bertz CT molecular complexity index is 1670. The fourth-order valence-electron chi connectivity index (χ4n) is 4.71. The van der Waals surface area contributed by atoms with Gasteiger partial charge in [0.2, 0.25) is 18.6 Å². The fourth-order valence-corrected chi connectivity index (χ4v) is 5.51. The highest BCUT2D eigenvalue weighted by molar-refractivity contribution is 7.09. The molecule has 3 heterocycles. The number of Topliss-reactive ketones (excluding diaryl/α,β-unsaturated/α-hetero) is 1. The molecule has 11 heteroatoms. The number of carbonyl (C=O) groups is 4. The summed E-state index contributed by atoms with van der Waals surface area (Å²) in [5.41, 5.74) is 2.78. The van der Waals surface area contributed by atoms with Crippen molar-refractivity contribution in [1.82, 2.24) is 9.88 Å². The lowest BCUT2D eigenvalue weighted by atomic mass is 10.1. The van der Waals surface area contributed by atoms with Crippen LogP contribution in [0.1, 0.15) is 22.3 Å². The molecule has 206 valence electrons. The summed E-state index contributed by atoms with van der Waals surface area (Å²) in [6, 6.07) is 20.3. The summed E-state index contributed by atoms with van der Waals surface area (Å²) in [5.74, 6) is -1.31. The molecular formula is C30H24N4O6S. The number of thiazole rings is 1. The Kier molecular flexibility index (Phi) is 6.94. The third kappa shape index (κ3) is 5.14. The molecule has 0 fully saturated rings. The van der Waals surface area contributed by atoms with Crippen LogP contribution in [0.4, 0.5) is 11.4 Å². The van der Waals surface area contributed by atoms with Gasteiger partial charge in [-0.15, -0.1) is 11.3 Å². The first-order valence-electron chi connectivity index (χ1n) is 12.8. The first-order chi connectivity index (χ1) is 19.9. The van der Waals surface area contributed by atoms with Gasteiger partial charge in [0.1, 0.15) is 17.6 Å². The lowest BCUT2D eigenvalue weighted by Crippen LogP contribution is -2.49. The maximum absolute atomic E-state index is 13.8. The molecule has 1 atom stereocenters. The van der Waals surface area contributed by atoms with Gasteiger partial charge in [0.05, 0.1) is 23.5 Å². The predicted molar refractivity (Wildman–Crippen MR) is 152 cm³/mol. The van der Waals surface area contributed by atoms with E-state index in [-0.39, 0.29) is 18.9 Å².